The minimum Gasteiger partial charge on any atom is -0.454 e. The van der Waals surface area contributed by atoms with Crippen molar-refractivity contribution in [2.24, 2.45) is 0 Å². The Morgan fingerprint density at radius 3 is 2.48 bits per heavy atom. The van der Waals surface area contributed by atoms with Crippen LogP contribution < -0.4 is 15.5 Å². The summed E-state index contributed by atoms with van der Waals surface area (Å²) in [6, 6.07) is 6.09. The predicted octanol–water partition coefficient (Wildman–Crippen LogP) is 0.626. The molecule has 2 heterocycles. The molecule has 3 rings (SSSR count). The van der Waals surface area contributed by atoms with Gasteiger partial charge in [0.05, 0.1) is 11.4 Å². The standard InChI is InChI=1S/C19H22N4O6/c1-3-19(4-2)17(27)23(18(28)21-19)10-16(26)29-11-15(25)22-9-14(24)20-12-7-5-6-8-13(12)22/h5-8H,3-4,9-11H2,1-2H3,(H,20,24)(H,21,28). The SMILES string of the molecule is CCC1(CC)NC(=O)N(CC(=O)OCC(=O)N2CC(=O)Nc3ccccc32)C1=O. The molecule has 0 spiro atoms. The fraction of sp³-hybridized carbons (Fsp3) is 0.421. The number of benzene rings is 1. The zero-order chi connectivity index (χ0) is 21.2. The number of nitrogens with one attached hydrogen (secondary N) is 2. The molecule has 0 atom stereocenters. The first kappa shape index (κ1) is 20.3. The number of nitrogens with zero attached hydrogens (tertiary/aromatic N) is 2. The topological polar surface area (TPSA) is 125 Å². The number of para-hydroxylation sites is 2. The van der Waals surface area contributed by atoms with Gasteiger partial charge in [0.1, 0.15) is 18.6 Å². The molecule has 154 valence electrons. The summed E-state index contributed by atoms with van der Waals surface area (Å²) in [6.07, 6.45) is 0.795. The second kappa shape index (κ2) is 7.90. The van der Waals surface area contributed by atoms with Crippen molar-refractivity contribution in [3.63, 3.8) is 0 Å². The molecule has 2 aliphatic heterocycles. The highest BCUT2D eigenvalue weighted by Crippen LogP contribution is 2.29. The molecular formula is C19H22N4O6. The van der Waals surface area contributed by atoms with Gasteiger partial charge in [-0.2, -0.15) is 0 Å². The first-order valence-corrected chi connectivity index (χ1v) is 9.30. The Hall–Kier alpha value is -3.43. The summed E-state index contributed by atoms with van der Waals surface area (Å²) in [4.78, 5) is 63.0. The second-order valence-electron chi connectivity index (χ2n) is 6.82. The van der Waals surface area contributed by atoms with Gasteiger partial charge in [-0.25, -0.2) is 4.79 Å². The van der Waals surface area contributed by atoms with E-state index in [2.05, 4.69) is 10.6 Å². The number of rotatable bonds is 6. The number of ether oxygens (including phenoxy) is 1. The van der Waals surface area contributed by atoms with Crippen LogP contribution in [-0.4, -0.2) is 59.9 Å². The molecule has 0 aromatic heterocycles. The second-order valence-corrected chi connectivity index (χ2v) is 6.82. The van der Waals surface area contributed by atoms with Gasteiger partial charge in [0.25, 0.3) is 11.8 Å². The van der Waals surface area contributed by atoms with Gasteiger partial charge in [-0.3, -0.25) is 29.0 Å². The highest BCUT2D eigenvalue weighted by molar-refractivity contribution is 6.11. The van der Waals surface area contributed by atoms with E-state index in [-0.39, 0.29) is 12.5 Å². The minimum absolute atomic E-state index is 0.198. The van der Waals surface area contributed by atoms with Gasteiger partial charge < -0.3 is 15.4 Å². The highest BCUT2D eigenvalue weighted by Gasteiger charge is 2.49. The molecule has 0 unspecified atom stereocenters. The van der Waals surface area contributed by atoms with Crippen molar-refractivity contribution in [3.8, 4) is 0 Å². The van der Waals surface area contributed by atoms with Crippen LogP contribution in [0.15, 0.2) is 24.3 Å². The van der Waals surface area contributed by atoms with Crippen LogP contribution in [0.3, 0.4) is 0 Å². The quantitative estimate of drug-likeness (QED) is 0.531. The minimum atomic E-state index is -1.02. The Balaban J connectivity index is 1.60. The lowest BCUT2D eigenvalue weighted by atomic mass is 9.93. The van der Waals surface area contributed by atoms with Crippen molar-refractivity contribution in [2.75, 3.05) is 29.9 Å². The monoisotopic (exact) mass is 402 g/mol. The lowest BCUT2D eigenvalue weighted by molar-refractivity contribution is -0.150. The lowest BCUT2D eigenvalue weighted by Gasteiger charge is -2.29. The first-order chi connectivity index (χ1) is 13.8. The molecule has 0 saturated carbocycles. The van der Waals surface area contributed by atoms with Crippen LogP contribution in [0.1, 0.15) is 26.7 Å². The maximum atomic E-state index is 12.5. The van der Waals surface area contributed by atoms with E-state index in [9.17, 15) is 24.0 Å². The Morgan fingerprint density at radius 1 is 1.14 bits per heavy atom. The number of esters is 1. The van der Waals surface area contributed by atoms with Crippen molar-refractivity contribution < 1.29 is 28.7 Å². The molecule has 5 amide bonds. The van der Waals surface area contributed by atoms with E-state index >= 15 is 0 Å². The van der Waals surface area contributed by atoms with E-state index in [0.717, 1.165) is 4.90 Å². The molecule has 0 radical (unpaired) electrons. The van der Waals surface area contributed by atoms with Crippen LogP contribution in [0.4, 0.5) is 16.2 Å². The third-order valence-corrected chi connectivity index (χ3v) is 5.17. The summed E-state index contributed by atoms with van der Waals surface area (Å²) in [5.74, 6) is -2.33. The fourth-order valence-corrected chi connectivity index (χ4v) is 3.40. The van der Waals surface area contributed by atoms with Crippen LogP contribution in [0.25, 0.3) is 0 Å². The zero-order valence-electron chi connectivity index (χ0n) is 16.2. The highest BCUT2D eigenvalue weighted by atomic mass is 16.5. The van der Waals surface area contributed by atoms with Gasteiger partial charge in [-0.05, 0) is 25.0 Å². The van der Waals surface area contributed by atoms with Gasteiger partial charge in [-0.15, -0.1) is 0 Å². The van der Waals surface area contributed by atoms with Gasteiger partial charge in [0.15, 0.2) is 6.61 Å². The van der Waals surface area contributed by atoms with Gasteiger partial charge in [-0.1, -0.05) is 26.0 Å². The average molecular weight is 402 g/mol. The van der Waals surface area contributed by atoms with Crippen LogP contribution >= 0.6 is 0 Å². The number of carbonyl (C=O) groups excluding carboxylic acids is 5. The van der Waals surface area contributed by atoms with Crippen molar-refractivity contribution in [1.82, 2.24) is 10.2 Å². The molecule has 1 aromatic rings. The number of anilines is 2. The summed E-state index contributed by atoms with van der Waals surface area (Å²) in [5, 5.41) is 5.27. The number of carbonyl (C=O) groups is 5. The number of fused-ring (bicyclic) bond motifs is 1. The maximum Gasteiger partial charge on any atom is 0.326 e. The molecule has 10 nitrogen and oxygen atoms in total. The lowest BCUT2D eigenvalue weighted by Crippen LogP contribution is -2.46. The molecule has 1 fully saturated rings. The molecule has 0 aliphatic carbocycles. The Bertz CT molecular complexity index is 879. The van der Waals surface area contributed by atoms with E-state index < -0.39 is 42.5 Å². The van der Waals surface area contributed by atoms with Gasteiger partial charge in [0.2, 0.25) is 5.91 Å². The van der Waals surface area contributed by atoms with Crippen molar-refractivity contribution >= 4 is 41.1 Å². The Morgan fingerprint density at radius 2 is 1.83 bits per heavy atom. The van der Waals surface area contributed by atoms with Crippen LogP contribution in [0.5, 0.6) is 0 Å². The van der Waals surface area contributed by atoms with Crippen molar-refractivity contribution in [1.29, 1.82) is 0 Å². The first-order valence-electron chi connectivity index (χ1n) is 9.30. The average Bonchev–Trinajstić information content (AvgIpc) is 2.96. The van der Waals surface area contributed by atoms with Crippen LogP contribution in [-0.2, 0) is 23.9 Å². The summed E-state index contributed by atoms with van der Waals surface area (Å²) in [5.41, 5.74) is -0.0333. The maximum absolute atomic E-state index is 12.5. The zero-order valence-corrected chi connectivity index (χ0v) is 16.2. The summed E-state index contributed by atoms with van der Waals surface area (Å²) >= 11 is 0. The van der Waals surface area contributed by atoms with E-state index in [1.807, 2.05) is 0 Å². The van der Waals surface area contributed by atoms with Crippen LogP contribution in [0, 0.1) is 0 Å². The number of hydrogen-bond acceptors (Lipinski definition) is 6. The summed E-state index contributed by atoms with van der Waals surface area (Å²) in [7, 11) is 0. The molecule has 29 heavy (non-hydrogen) atoms. The third-order valence-electron chi connectivity index (χ3n) is 5.17. The number of urea groups is 1. The third kappa shape index (κ3) is 3.78. The molecule has 10 heteroatoms. The summed E-state index contributed by atoms with van der Waals surface area (Å²) in [6.45, 7) is 2.15. The van der Waals surface area contributed by atoms with E-state index in [4.69, 9.17) is 4.74 Å². The largest absolute Gasteiger partial charge is 0.454 e. The molecular weight excluding hydrogens is 380 g/mol. The molecule has 1 saturated heterocycles. The smallest absolute Gasteiger partial charge is 0.326 e. The van der Waals surface area contributed by atoms with Crippen LogP contribution in [0.2, 0.25) is 0 Å². The van der Waals surface area contributed by atoms with E-state index in [0.29, 0.717) is 24.2 Å². The number of amides is 5. The number of imide groups is 1. The molecule has 0 bridgehead atoms. The predicted molar refractivity (Wildman–Crippen MR) is 102 cm³/mol. The Labute approximate surface area is 167 Å². The number of hydrogen-bond donors (Lipinski definition) is 2. The van der Waals surface area contributed by atoms with E-state index in [1.165, 1.54) is 4.90 Å². The molecule has 1 aromatic carbocycles. The summed E-state index contributed by atoms with van der Waals surface area (Å²) < 4.78 is 4.97. The normalized spacial score (nSPS) is 17.5. The van der Waals surface area contributed by atoms with Gasteiger partial charge in [0, 0.05) is 0 Å². The molecule has 2 aliphatic rings. The van der Waals surface area contributed by atoms with E-state index in [1.54, 1.807) is 38.1 Å². The molecule has 2 N–H and O–H groups in total. The van der Waals surface area contributed by atoms with Crippen molar-refractivity contribution in [2.45, 2.75) is 32.2 Å². The fourth-order valence-electron chi connectivity index (χ4n) is 3.40. The van der Waals surface area contributed by atoms with Crippen molar-refractivity contribution in [3.05, 3.63) is 24.3 Å². The van der Waals surface area contributed by atoms with Gasteiger partial charge >= 0.3 is 12.0 Å². The Kier molecular flexibility index (Phi) is 5.53.